The molecule has 1 aliphatic rings. The molecule has 17 heavy (non-hydrogen) atoms. The number of guanidine groups is 1. The number of nitrogens with one attached hydrogen (secondary N) is 2. The Balaban J connectivity index is 2.07. The third-order valence-corrected chi connectivity index (χ3v) is 2.75. The van der Waals surface area contributed by atoms with Crippen molar-refractivity contribution < 1.29 is 0 Å². The van der Waals surface area contributed by atoms with E-state index in [0.29, 0.717) is 0 Å². The molecule has 2 N–H and O–H groups in total. The zero-order valence-corrected chi connectivity index (χ0v) is 9.57. The lowest BCUT2D eigenvalue weighted by Crippen LogP contribution is -2.26. The Bertz CT molecular complexity index is 595. The molecule has 1 aromatic carbocycles. The zero-order chi connectivity index (χ0) is 11.7. The molecule has 0 fully saturated rings. The standard InChI is InChI=1S/C11H12BN5/c12-7-1-2-8(17-11-15-5-6-16-11)10-9(7)13-3-4-14-10/h1-4H,5-6,12H2,(H2,15,16,17). The predicted molar refractivity (Wildman–Crippen MR) is 71.6 cm³/mol. The summed E-state index contributed by atoms with van der Waals surface area (Å²) in [6.45, 7) is 1.70. The second kappa shape index (κ2) is 4.05. The van der Waals surface area contributed by atoms with Crippen molar-refractivity contribution in [3.63, 3.8) is 0 Å². The van der Waals surface area contributed by atoms with Gasteiger partial charge >= 0.3 is 0 Å². The summed E-state index contributed by atoms with van der Waals surface area (Å²) in [7, 11) is 2.03. The second-order valence-corrected chi connectivity index (χ2v) is 3.97. The summed E-state index contributed by atoms with van der Waals surface area (Å²) >= 11 is 0. The molecule has 84 valence electrons. The molecule has 5 nitrogen and oxygen atoms in total. The van der Waals surface area contributed by atoms with Crippen LogP contribution in [-0.4, -0.2) is 36.9 Å². The molecule has 1 aliphatic heterocycles. The smallest absolute Gasteiger partial charge is 0.195 e. The molecule has 0 bridgehead atoms. The minimum atomic E-state index is 0.806. The number of rotatable bonds is 1. The monoisotopic (exact) mass is 225 g/mol. The predicted octanol–water partition coefficient (Wildman–Crippen LogP) is -0.741. The molecule has 0 radical (unpaired) electrons. The van der Waals surface area contributed by atoms with Crippen molar-refractivity contribution in [2.24, 2.45) is 4.99 Å². The number of hydrogen-bond acceptors (Lipinski definition) is 5. The average Bonchev–Trinajstić information content (AvgIpc) is 2.86. The number of hydrogen-bond donors (Lipinski definition) is 2. The first kappa shape index (κ1) is 10.1. The first-order valence-electron chi connectivity index (χ1n) is 5.60. The number of benzene rings is 1. The van der Waals surface area contributed by atoms with Gasteiger partial charge in [0.2, 0.25) is 0 Å². The van der Waals surface area contributed by atoms with Gasteiger partial charge in [-0.3, -0.25) is 15.0 Å². The van der Waals surface area contributed by atoms with E-state index in [9.17, 15) is 0 Å². The van der Waals surface area contributed by atoms with E-state index < -0.39 is 0 Å². The third kappa shape index (κ3) is 1.82. The lowest BCUT2D eigenvalue weighted by atomic mass is 9.94. The lowest BCUT2D eigenvalue weighted by Gasteiger charge is -2.10. The van der Waals surface area contributed by atoms with Crippen molar-refractivity contribution in [3.8, 4) is 0 Å². The van der Waals surface area contributed by atoms with Crippen molar-refractivity contribution in [1.29, 1.82) is 0 Å². The summed E-state index contributed by atoms with van der Waals surface area (Å²) in [5.41, 5.74) is 3.87. The molecule has 0 unspecified atom stereocenters. The van der Waals surface area contributed by atoms with Crippen molar-refractivity contribution >= 4 is 36.0 Å². The van der Waals surface area contributed by atoms with Crippen LogP contribution in [0.1, 0.15) is 0 Å². The molecule has 6 heteroatoms. The maximum Gasteiger partial charge on any atom is 0.195 e. The number of anilines is 1. The van der Waals surface area contributed by atoms with Gasteiger partial charge in [0.05, 0.1) is 17.7 Å². The zero-order valence-electron chi connectivity index (χ0n) is 9.57. The molecule has 1 aromatic heterocycles. The molecule has 2 heterocycles. The van der Waals surface area contributed by atoms with Gasteiger partial charge in [-0.15, -0.1) is 0 Å². The Morgan fingerprint density at radius 3 is 2.76 bits per heavy atom. The number of aromatic nitrogens is 2. The van der Waals surface area contributed by atoms with E-state index in [-0.39, 0.29) is 0 Å². The average molecular weight is 225 g/mol. The highest BCUT2D eigenvalue weighted by Gasteiger charge is 2.09. The molecular weight excluding hydrogens is 213 g/mol. The van der Waals surface area contributed by atoms with Crippen LogP contribution < -0.4 is 16.1 Å². The summed E-state index contributed by atoms with van der Waals surface area (Å²) in [6, 6.07) is 4.05. The first-order chi connectivity index (χ1) is 8.34. The van der Waals surface area contributed by atoms with E-state index in [2.05, 4.69) is 25.6 Å². The number of aliphatic imine (C=N–C) groups is 1. The van der Waals surface area contributed by atoms with E-state index >= 15 is 0 Å². The Hall–Kier alpha value is -2.11. The van der Waals surface area contributed by atoms with Crippen molar-refractivity contribution in [1.82, 2.24) is 15.3 Å². The van der Waals surface area contributed by atoms with Crippen molar-refractivity contribution in [2.75, 3.05) is 18.4 Å². The van der Waals surface area contributed by atoms with Crippen LogP contribution in [0, 0.1) is 0 Å². The van der Waals surface area contributed by atoms with Crippen LogP contribution in [0.2, 0.25) is 0 Å². The normalized spacial score (nSPS) is 14.5. The highest BCUT2D eigenvalue weighted by atomic mass is 15.2. The van der Waals surface area contributed by atoms with Crippen LogP contribution in [0.25, 0.3) is 11.0 Å². The topological polar surface area (TPSA) is 62.2 Å². The first-order valence-corrected chi connectivity index (χ1v) is 5.60. The van der Waals surface area contributed by atoms with E-state index in [1.807, 2.05) is 20.0 Å². The number of nitrogens with zero attached hydrogens (tertiary/aromatic N) is 3. The van der Waals surface area contributed by atoms with Gasteiger partial charge in [0.25, 0.3) is 0 Å². The van der Waals surface area contributed by atoms with E-state index in [1.54, 1.807) is 12.4 Å². The summed E-state index contributed by atoms with van der Waals surface area (Å²) in [5.74, 6) is 0.806. The summed E-state index contributed by atoms with van der Waals surface area (Å²) in [4.78, 5) is 13.0. The fraction of sp³-hybridized carbons (Fsp3) is 0.182. The van der Waals surface area contributed by atoms with Gasteiger partial charge in [-0.2, -0.15) is 0 Å². The van der Waals surface area contributed by atoms with Crippen LogP contribution in [0.4, 0.5) is 5.69 Å². The Labute approximate surface area is 99.8 Å². The van der Waals surface area contributed by atoms with Crippen molar-refractivity contribution in [3.05, 3.63) is 24.5 Å². The molecule has 0 spiro atoms. The van der Waals surface area contributed by atoms with Gasteiger partial charge in [-0.05, 0) is 6.07 Å². The van der Waals surface area contributed by atoms with Crippen LogP contribution in [0.15, 0.2) is 29.5 Å². The van der Waals surface area contributed by atoms with E-state index in [0.717, 1.165) is 41.2 Å². The lowest BCUT2D eigenvalue weighted by molar-refractivity contribution is 0.959. The second-order valence-electron chi connectivity index (χ2n) is 3.97. The maximum absolute atomic E-state index is 4.38. The minimum absolute atomic E-state index is 0.806. The largest absolute Gasteiger partial charge is 0.354 e. The van der Waals surface area contributed by atoms with Crippen molar-refractivity contribution in [2.45, 2.75) is 0 Å². The molecule has 0 amide bonds. The fourth-order valence-corrected chi connectivity index (χ4v) is 1.90. The van der Waals surface area contributed by atoms with Gasteiger partial charge in [-0.25, -0.2) is 0 Å². The number of fused-ring (bicyclic) bond motifs is 1. The molecular formula is C11H12BN5. The van der Waals surface area contributed by atoms with Crippen LogP contribution >= 0.6 is 0 Å². The van der Waals surface area contributed by atoms with Crippen LogP contribution in [-0.2, 0) is 0 Å². The molecule has 2 aromatic rings. The van der Waals surface area contributed by atoms with Gasteiger partial charge in [-0.1, -0.05) is 11.5 Å². The third-order valence-electron chi connectivity index (χ3n) is 2.75. The summed E-state index contributed by atoms with van der Waals surface area (Å²) < 4.78 is 0. The van der Waals surface area contributed by atoms with Gasteiger partial charge in [0, 0.05) is 18.9 Å². The quantitative estimate of drug-likeness (QED) is 0.627. The van der Waals surface area contributed by atoms with Gasteiger partial charge in [0.15, 0.2) is 5.96 Å². The van der Waals surface area contributed by atoms with Crippen LogP contribution in [0.3, 0.4) is 0 Å². The molecule has 0 saturated heterocycles. The Morgan fingerprint density at radius 1 is 1.18 bits per heavy atom. The minimum Gasteiger partial charge on any atom is -0.354 e. The maximum atomic E-state index is 4.38. The van der Waals surface area contributed by atoms with E-state index in [1.165, 1.54) is 0 Å². The highest BCUT2D eigenvalue weighted by Crippen LogP contribution is 2.17. The summed E-state index contributed by atoms with van der Waals surface area (Å²) in [5, 5.41) is 6.42. The van der Waals surface area contributed by atoms with Crippen LogP contribution in [0.5, 0.6) is 0 Å². The molecule has 0 saturated carbocycles. The van der Waals surface area contributed by atoms with E-state index in [4.69, 9.17) is 0 Å². The summed E-state index contributed by atoms with van der Waals surface area (Å²) in [6.07, 6.45) is 3.42. The van der Waals surface area contributed by atoms with Gasteiger partial charge in [0.1, 0.15) is 13.4 Å². The fourth-order valence-electron chi connectivity index (χ4n) is 1.90. The Morgan fingerprint density at radius 2 is 2.00 bits per heavy atom. The van der Waals surface area contributed by atoms with Gasteiger partial charge < -0.3 is 10.6 Å². The molecule has 0 aliphatic carbocycles. The Kier molecular flexibility index (Phi) is 2.40. The SMILES string of the molecule is Bc1ccc(NC2=NCCN2)c2nccnc12. The molecule has 0 atom stereocenters. The highest BCUT2D eigenvalue weighted by molar-refractivity contribution is 6.38. The molecule has 3 rings (SSSR count).